The topological polar surface area (TPSA) is 43.8 Å². The number of aromatic hydroxyl groups is 1. The predicted molar refractivity (Wildman–Crippen MR) is 106 cm³/mol. The first kappa shape index (κ1) is 18.2. The molecule has 0 saturated heterocycles. The zero-order valence-electron chi connectivity index (χ0n) is 15.5. The number of para-hydroxylation sites is 1. The third-order valence-electron chi connectivity index (χ3n) is 4.91. The average Bonchev–Trinajstić information content (AvgIpc) is 2.65. The number of amides is 1. The molecule has 3 rings (SSSR count). The van der Waals surface area contributed by atoms with Crippen LogP contribution in [0.3, 0.4) is 0 Å². The second-order valence-electron chi connectivity index (χ2n) is 6.69. The van der Waals surface area contributed by atoms with Gasteiger partial charge < -0.3 is 10.0 Å². The van der Waals surface area contributed by atoms with Crippen molar-refractivity contribution in [2.24, 2.45) is 0 Å². The monoisotopic (exact) mass is 350 g/mol. The van der Waals surface area contributed by atoms with Gasteiger partial charge in [-0.3, -0.25) is 9.69 Å². The van der Waals surface area contributed by atoms with E-state index in [1.165, 1.54) is 5.57 Å². The smallest absolute Gasteiger partial charge is 0.241 e. The highest BCUT2D eigenvalue weighted by Gasteiger charge is 2.20. The molecule has 4 heteroatoms. The zero-order valence-corrected chi connectivity index (χ0v) is 15.5. The third kappa shape index (κ3) is 4.14. The van der Waals surface area contributed by atoms with Gasteiger partial charge in [-0.15, -0.1) is 0 Å². The standard InChI is InChI=1S/C22H26N2O2/c1-3-24(21-7-5-4-6-17(21)2)22(26)16-23-14-12-19(13-15-23)18-8-10-20(25)11-9-18/h4-12,25H,3,13-16H2,1-2H3. The van der Waals surface area contributed by atoms with Crippen LogP contribution in [0.4, 0.5) is 5.69 Å². The number of phenolic OH excluding ortho intramolecular Hbond substituents is 1. The van der Waals surface area contributed by atoms with Gasteiger partial charge in [-0.2, -0.15) is 0 Å². The van der Waals surface area contributed by atoms with Crippen molar-refractivity contribution in [1.29, 1.82) is 0 Å². The van der Waals surface area contributed by atoms with Crippen LogP contribution in [-0.2, 0) is 4.79 Å². The first-order valence-corrected chi connectivity index (χ1v) is 9.15. The average molecular weight is 350 g/mol. The maximum Gasteiger partial charge on any atom is 0.241 e. The molecule has 0 bridgehead atoms. The quantitative estimate of drug-likeness (QED) is 0.891. The van der Waals surface area contributed by atoms with E-state index in [9.17, 15) is 9.90 Å². The van der Waals surface area contributed by atoms with Crippen molar-refractivity contribution in [2.45, 2.75) is 20.3 Å². The minimum absolute atomic E-state index is 0.142. The second kappa shape index (κ2) is 8.19. The number of benzene rings is 2. The predicted octanol–water partition coefficient (Wildman–Crippen LogP) is 3.84. The van der Waals surface area contributed by atoms with Gasteiger partial charge in [-0.1, -0.05) is 36.4 Å². The van der Waals surface area contributed by atoms with Crippen LogP contribution in [0.15, 0.2) is 54.6 Å². The molecule has 0 aliphatic carbocycles. The highest BCUT2D eigenvalue weighted by atomic mass is 16.3. The first-order valence-electron chi connectivity index (χ1n) is 9.15. The van der Waals surface area contributed by atoms with Crippen molar-refractivity contribution in [3.63, 3.8) is 0 Å². The molecule has 0 atom stereocenters. The summed E-state index contributed by atoms with van der Waals surface area (Å²) in [5, 5.41) is 9.42. The molecule has 1 aliphatic heterocycles. The Kier molecular flexibility index (Phi) is 5.74. The van der Waals surface area contributed by atoms with E-state index in [4.69, 9.17) is 0 Å². The Bertz CT molecular complexity index is 796. The Morgan fingerprint density at radius 2 is 1.88 bits per heavy atom. The van der Waals surface area contributed by atoms with E-state index >= 15 is 0 Å². The summed E-state index contributed by atoms with van der Waals surface area (Å²) in [5.74, 6) is 0.427. The highest BCUT2D eigenvalue weighted by molar-refractivity contribution is 5.95. The van der Waals surface area contributed by atoms with Gasteiger partial charge in [0.15, 0.2) is 0 Å². The normalized spacial score (nSPS) is 14.8. The number of hydrogen-bond acceptors (Lipinski definition) is 3. The molecule has 26 heavy (non-hydrogen) atoms. The summed E-state index contributed by atoms with van der Waals surface area (Å²) in [7, 11) is 0. The zero-order chi connectivity index (χ0) is 18.5. The fraction of sp³-hybridized carbons (Fsp3) is 0.318. The van der Waals surface area contributed by atoms with Gasteiger partial charge in [-0.25, -0.2) is 0 Å². The molecule has 136 valence electrons. The lowest BCUT2D eigenvalue weighted by Gasteiger charge is -2.29. The van der Waals surface area contributed by atoms with Gasteiger partial charge in [-0.05, 0) is 55.2 Å². The van der Waals surface area contributed by atoms with Crippen LogP contribution >= 0.6 is 0 Å². The number of anilines is 1. The number of likely N-dealkylation sites (N-methyl/N-ethyl adjacent to an activating group) is 1. The van der Waals surface area contributed by atoms with Gasteiger partial charge in [0.05, 0.1) is 6.54 Å². The molecule has 0 radical (unpaired) electrons. The van der Waals surface area contributed by atoms with Crippen molar-refractivity contribution < 1.29 is 9.90 Å². The van der Waals surface area contributed by atoms with Crippen LogP contribution in [0, 0.1) is 6.92 Å². The molecule has 1 aliphatic rings. The van der Waals surface area contributed by atoms with E-state index in [1.807, 2.05) is 55.1 Å². The summed E-state index contributed by atoms with van der Waals surface area (Å²) < 4.78 is 0. The Hall–Kier alpha value is -2.59. The molecule has 2 aromatic rings. The summed E-state index contributed by atoms with van der Waals surface area (Å²) in [6.07, 6.45) is 3.10. The summed E-state index contributed by atoms with van der Waals surface area (Å²) >= 11 is 0. The lowest BCUT2D eigenvalue weighted by atomic mass is 9.99. The number of rotatable bonds is 5. The fourth-order valence-corrected chi connectivity index (χ4v) is 3.42. The minimum atomic E-state index is 0.142. The van der Waals surface area contributed by atoms with E-state index in [0.29, 0.717) is 13.1 Å². The number of carbonyl (C=O) groups excluding carboxylic acids is 1. The number of hydrogen-bond donors (Lipinski definition) is 1. The molecule has 1 N–H and O–H groups in total. The van der Waals surface area contributed by atoms with Crippen LogP contribution in [0.5, 0.6) is 5.75 Å². The molecule has 1 amide bonds. The van der Waals surface area contributed by atoms with Crippen LogP contribution in [-0.4, -0.2) is 42.1 Å². The molecule has 4 nitrogen and oxygen atoms in total. The van der Waals surface area contributed by atoms with Crippen molar-refractivity contribution in [2.75, 3.05) is 31.1 Å². The number of carbonyl (C=O) groups is 1. The third-order valence-corrected chi connectivity index (χ3v) is 4.91. The second-order valence-corrected chi connectivity index (χ2v) is 6.69. The summed E-state index contributed by atoms with van der Waals surface area (Å²) in [5.41, 5.74) is 4.54. The molecule has 0 unspecified atom stereocenters. The molecule has 0 saturated carbocycles. The van der Waals surface area contributed by atoms with Gasteiger partial charge in [0.25, 0.3) is 0 Å². The van der Waals surface area contributed by atoms with Gasteiger partial charge >= 0.3 is 0 Å². The van der Waals surface area contributed by atoms with Crippen LogP contribution in [0.1, 0.15) is 24.5 Å². The number of phenols is 1. The van der Waals surface area contributed by atoms with Crippen LogP contribution in [0.2, 0.25) is 0 Å². The minimum Gasteiger partial charge on any atom is -0.508 e. The van der Waals surface area contributed by atoms with Gasteiger partial charge in [0.2, 0.25) is 5.91 Å². The maximum atomic E-state index is 12.8. The Morgan fingerprint density at radius 1 is 1.15 bits per heavy atom. The summed E-state index contributed by atoms with van der Waals surface area (Å²) in [4.78, 5) is 16.9. The Morgan fingerprint density at radius 3 is 2.50 bits per heavy atom. The Labute approximate surface area is 155 Å². The lowest BCUT2D eigenvalue weighted by molar-refractivity contribution is -0.119. The lowest BCUT2D eigenvalue weighted by Crippen LogP contribution is -2.42. The van der Waals surface area contributed by atoms with E-state index in [2.05, 4.69) is 11.0 Å². The van der Waals surface area contributed by atoms with Crippen LogP contribution in [0.25, 0.3) is 5.57 Å². The number of aryl methyl sites for hydroxylation is 1. The molecule has 1 heterocycles. The van der Waals surface area contributed by atoms with E-state index in [-0.39, 0.29) is 11.7 Å². The summed E-state index contributed by atoms with van der Waals surface area (Å²) in [6, 6.07) is 15.3. The first-order chi connectivity index (χ1) is 12.6. The van der Waals surface area contributed by atoms with Crippen molar-refractivity contribution in [3.8, 4) is 5.75 Å². The molecule has 0 aromatic heterocycles. The molecule has 0 fully saturated rings. The highest BCUT2D eigenvalue weighted by Crippen LogP contribution is 2.24. The molecule has 0 spiro atoms. The Balaban J connectivity index is 1.64. The van der Waals surface area contributed by atoms with Gasteiger partial charge in [0.1, 0.15) is 5.75 Å². The largest absolute Gasteiger partial charge is 0.508 e. The molecular weight excluding hydrogens is 324 g/mol. The van der Waals surface area contributed by atoms with Crippen molar-refractivity contribution in [1.82, 2.24) is 4.90 Å². The van der Waals surface area contributed by atoms with E-state index in [0.717, 1.165) is 36.3 Å². The SMILES string of the molecule is CCN(C(=O)CN1CC=C(c2ccc(O)cc2)CC1)c1ccccc1C. The fourth-order valence-electron chi connectivity index (χ4n) is 3.42. The molecular formula is C22H26N2O2. The van der Waals surface area contributed by atoms with Crippen molar-refractivity contribution >= 4 is 17.2 Å². The molecule has 2 aromatic carbocycles. The summed E-state index contributed by atoms with van der Waals surface area (Å²) in [6.45, 7) is 6.80. The maximum absolute atomic E-state index is 12.8. The van der Waals surface area contributed by atoms with Crippen molar-refractivity contribution in [3.05, 3.63) is 65.7 Å². The van der Waals surface area contributed by atoms with Gasteiger partial charge in [0, 0.05) is 25.3 Å². The number of nitrogens with zero attached hydrogens (tertiary/aromatic N) is 2. The van der Waals surface area contributed by atoms with E-state index in [1.54, 1.807) is 12.1 Å². The van der Waals surface area contributed by atoms with E-state index < -0.39 is 0 Å². The van der Waals surface area contributed by atoms with Crippen LogP contribution < -0.4 is 4.90 Å².